The molecule has 1 aliphatic heterocycles. The lowest BCUT2D eigenvalue weighted by Gasteiger charge is -2.47. The Bertz CT molecular complexity index is 500. The summed E-state index contributed by atoms with van der Waals surface area (Å²) in [6, 6.07) is 3.34. The molecule has 1 heterocycles. The summed E-state index contributed by atoms with van der Waals surface area (Å²) in [7, 11) is 0. The third kappa shape index (κ3) is 2.77. The monoisotopic (exact) mass is 316 g/mol. The molecule has 1 atom stereocenters. The summed E-state index contributed by atoms with van der Waals surface area (Å²) < 4.78 is 12.0. The summed E-state index contributed by atoms with van der Waals surface area (Å²) in [6.07, 6.45) is 5.31. The molecular formula is C15H18Cl2O3. The van der Waals surface area contributed by atoms with E-state index in [-0.39, 0.29) is 18.3 Å². The Morgan fingerprint density at radius 1 is 1.35 bits per heavy atom. The van der Waals surface area contributed by atoms with Crippen LogP contribution in [0.25, 0.3) is 0 Å². The maximum absolute atomic E-state index is 9.43. The molecular weight excluding hydrogens is 299 g/mol. The highest BCUT2D eigenvalue weighted by Gasteiger charge is 2.43. The minimum absolute atomic E-state index is 0.0290. The molecule has 3 nitrogen and oxygen atoms in total. The summed E-state index contributed by atoms with van der Waals surface area (Å²) in [4.78, 5) is 0. The van der Waals surface area contributed by atoms with Crippen molar-refractivity contribution < 1.29 is 14.6 Å². The molecule has 0 amide bonds. The zero-order valence-electron chi connectivity index (χ0n) is 11.2. The van der Waals surface area contributed by atoms with Crippen LogP contribution in [-0.4, -0.2) is 23.4 Å². The predicted octanol–water partition coefficient (Wildman–Crippen LogP) is 3.97. The standard InChI is InChI=1S/C15H18Cl2O3/c16-11-6-10(9-18)14(13(17)7-11)20-12-2-5-19-15(8-12)3-1-4-15/h6-7,12,18H,1-5,8-9H2. The first-order valence-electron chi connectivity index (χ1n) is 7.01. The zero-order chi connectivity index (χ0) is 14.2. The topological polar surface area (TPSA) is 38.7 Å². The molecule has 5 heteroatoms. The van der Waals surface area contributed by atoms with Gasteiger partial charge >= 0.3 is 0 Å². The van der Waals surface area contributed by atoms with Crippen LogP contribution < -0.4 is 4.74 Å². The van der Waals surface area contributed by atoms with Gasteiger partial charge in [-0.05, 0) is 31.4 Å². The number of benzene rings is 1. The fraction of sp³-hybridized carbons (Fsp3) is 0.600. The number of halogens is 2. The average Bonchev–Trinajstić information content (AvgIpc) is 2.40. The first kappa shape index (κ1) is 14.5. The van der Waals surface area contributed by atoms with Crippen molar-refractivity contribution in [3.8, 4) is 5.75 Å². The minimum Gasteiger partial charge on any atom is -0.488 e. The Balaban J connectivity index is 1.77. The molecule has 1 saturated carbocycles. The van der Waals surface area contributed by atoms with Crippen molar-refractivity contribution in [2.75, 3.05) is 6.61 Å². The Kier molecular flexibility index (Phi) is 4.14. The van der Waals surface area contributed by atoms with E-state index in [9.17, 15) is 5.11 Å². The smallest absolute Gasteiger partial charge is 0.143 e. The van der Waals surface area contributed by atoms with Gasteiger partial charge in [-0.3, -0.25) is 0 Å². The lowest BCUT2D eigenvalue weighted by molar-refractivity contribution is -0.153. The van der Waals surface area contributed by atoms with E-state index >= 15 is 0 Å². The van der Waals surface area contributed by atoms with E-state index in [1.54, 1.807) is 12.1 Å². The molecule has 1 aliphatic carbocycles. The van der Waals surface area contributed by atoms with Gasteiger partial charge < -0.3 is 14.6 Å². The normalized spacial score (nSPS) is 24.4. The Morgan fingerprint density at radius 3 is 2.80 bits per heavy atom. The van der Waals surface area contributed by atoms with E-state index in [0.29, 0.717) is 21.4 Å². The quantitative estimate of drug-likeness (QED) is 0.917. The first-order chi connectivity index (χ1) is 9.62. The van der Waals surface area contributed by atoms with Gasteiger partial charge in [0.2, 0.25) is 0 Å². The van der Waals surface area contributed by atoms with Gasteiger partial charge in [0.1, 0.15) is 11.9 Å². The molecule has 1 aromatic carbocycles. The molecule has 20 heavy (non-hydrogen) atoms. The molecule has 1 spiro atoms. The largest absolute Gasteiger partial charge is 0.488 e. The van der Waals surface area contributed by atoms with Crippen molar-refractivity contribution in [2.24, 2.45) is 0 Å². The maximum Gasteiger partial charge on any atom is 0.143 e. The molecule has 110 valence electrons. The second kappa shape index (κ2) is 5.72. The van der Waals surface area contributed by atoms with Crippen molar-refractivity contribution in [1.82, 2.24) is 0 Å². The second-order valence-electron chi connectivity index (χ2n) is 5.65. The molecule has 2 fully saturated rings. The number of rotatable bonds is 3. The van der Waals surface area contributed by atoms with Crippen LogP contribution in [0.5, 0.6) is 5.75 Å². The molecule has 1 unspecified atom stereocenters. The highest BCUT2D eigenvalue weighted by atomic mass is 35.5. The maximum atomic E-state index is 9.43. The molecule has 1 aromatic rings. The zero-order valence-corrected chi connectivity index (χ0v) is 12.7. The number of hydrogen-bond donors (Lipinski definition) is 1. The van der Waals surface area contributed by atoms with Crippen LogP contribution in [0, 0.1) is 0 Å². The fourth-order valence-electron chi connectivity index (χ4n) is 3.03. The summed E-state index contributed by atoms with van der Waals surface area (Å²) >= 11 is 12.1. The Morgan fingerprint density at radius 2 is 2.15 bits per heavy atom. The Hall–Kier alpha value is -0.480. The lowest BCUT2D eigenvalue weighted by atomic mass is 9.74. The molecule has 2 aliphatic rings. The second-order valence-corrected chi connectivity index (χ2v) is 6.50. The van der Waals surface area contributed by atoms with Gasteiger partial charge in [-0.1, -0.05) is 23.2 Å². The van der Waals surface area contributed by atoms with Crippen LogP contribution in [0.1, 0.15) is 37.7 Å². The molecule has 0 aromatic heterocycles. The Labute approximate surface area is 128 Å². The van der Waals surface area contributed by atoms with Crippen molar-refractivity contribution in [3.05, 3.63) is 27.7 Å². The molecule has 0 radical (unpaired) electrons. The summed E-state index contributed by atoms with van der Waals surface area (Å²) in [6.45, 7) is 0.592. The van der Waals surface area contributed by atoms with Crippen LogP contribution in [0.2, 0.25) is 10.0 Å². The molecule has 1 N–H and O–H groups in total. The van der Waals surface area contributed by atoms with E-state index in [4.69, 9.17) is 32.7 Å². The number of aliphatic hydroxyl groups excluding tert-OH is 1. The number of ether oxygens (including phenoxy) is 2. The minimum atomic E-state index is -0.135. The van der Waals surface area contributed by atoms with Gasteiger partial charge in [-0.25, -0.2) is 0 Å². The average molecular weight is 317 g/mol. The first-order valence-corrected chi connectivity index (χ1v) is 7.77. The van der Waals surface area contributed by atoms with E-state index in [2.05, 4.69) is 0 Å². The summed E-state index contributed by atoms with van der Waals surface area (Å²) in [5.74, 6) is 0.556. The SMILES string of the molecule is OCc1cc(Cl)cc(Cl)c1OC1CCOC2(CCC2)C1. The molecule has 0 bridgehead atoms. The van der Waals surface area contributed by atoms with Gasteiger partial charge in [0, 0.05) is 23.4 Å². The third-order valence-corrected chi connectivity index (χ3v) is 4.75. The highest BCUT2D eigenvalue weighted by molar-refractivity contribution is 6.35. The van der Waals surface area contributed by atoms with Gasteiger partial charge in [0.05, 0.1) is 23.8 Å². The van der Waals surface area contributed by atoms with Crippen LogP contribution in [0.15, 0.2) is 12.1 Å². The van der Waals surface area contributed by atoms with Crippen LogP contribution in [-0.2, 0) is 11.3 Å². The van der Waals surface area contributed by atoms with Gasteiger partial charge in [-0.15, -0.1) is 0 Å². The van der Waals surface area contributed by atoms with E-state index in [1.807, 2.05) is 0 Å². The molecule has 1 saturated heterocycles. The fourth-order valence-corrected chi connectivity index (χ4v) is 3.61. The predicted molar refractivity (Wildman–Crippen MR) is 78.6 cm³/mol. The van der Waals surface area contributed by atoms with Crippen LogP contribution in [0.4, 0.5) is 0 Å². The van der Waals surface area contributed by atoms with Gasteiger partial charge in [0.15, 0.2) is 0 Å². The highest BCUT2D eigenvalue weighted by Crippen LogP contribution is 2.44. The van der Waals surface area contributed by atoms with Crippen LogP contribution in [0.3, 0.4) is 0 Å². The van der Waals surface area contributed by atoms with Crippen molar-refractivity contribution >= 4 is 23.2 Å². The van der Waals surface area contributed by atoms with E-state index in [0.717, 1.165) is 32.3 Å². The van der Waals surface area contributed by atoms with E-state index < -0.39 is 0 Å². The van der Waals surface area contributed by atoms with Gasteiger partial charge in [-0.2, -0.15) is 0 Å². The number of hydrogen-bond acceptors (Lipinski definition) is 3. The lowest BCUT2D eigenvalue weighted by Crippen LogP contribution is -2.48. The number of aliphatic hydroxyl groups is 1. The van der Waals surface area contributed by atoms with Crippen molar-refractivity contribution in [2.45, 2.75) is 50.4 Å². The summed E-state index contributed by atoms with van der Waals surface area (Å²) in [5.41, 5.74) is 0.665. The van der Waals surface area contributed by atoms with Crippen molar-refractivity contribution in [3.63, 3.8) is 0 Å². The van der Waals surface area contributed by atoms with Gasteiger partial charge in [0.25, 0.3) is 0 Å². The summed E-state index contributed by atoms with van der Waals surface area (Å²) in [5, 5.41) is 10.4. The van der Waals surface area contributed by atoms with E-state index in [1.165, 1.54) is 6.42 Å². The van der Waals surface area contributed by atoms with Crippen LogP contribution >= 0.6 is 23.2 Å². The van der Waals surface area contributed by atoms with Crippen molar-refractivity contribution in [1.29, 1.82) is 0 Å². The molecule has 3 rings (SSSR count). The third-order valence-electron chi connectivity index (χ3n) is 4.25.